The van der Waals surface area contributed by atoms with Crippen LogP contribution in [0.25, 0.3) is 0 Å². The van der Waals surface area contributed by atoms with Gasteiger partial charge in [0.05, 0.1) is 17.2 Å². The molecule has 0 aliphatic carbocycles. The van der Waals surface area contributed by atoms with Gasteiger partial charge in [-0.05, 0) is 30.7 Å². The van der Waals surface area contributed by atoms with Crippen molar-refractivity contribution in [2.24, 2.45) is 0 Å². The molecule has 1 aromatic heterocycles. The van der Waals surface area contributed by atoms with Crippen LogP contribution in [0.5, 0.6) is 5.75 Å². The Balaban J connectivity index is 2.18. The maximum absolute atomic E-state index is 6.09. The van der Waals surface area contributed by atoms with Crippen molar-refractivity contribution in [3.8, 4) is 5.75 Å². The van der Waals surface area contributed by atoms with Crippen LogP contribution < -0.4 is 10.1 Å². The highest BCUT2D eigenvalue weighted by Crippen LogP contribution is 2.31. The monoisotopic (exact) mass is 330 g/mol. The number of nitrogens with one attached hydrogen (secondary N) is 1. The van der Waals surface area contributed by atoms with Gasteiger partial charge in [0.2, 0.25) is 0 Å². The van der Waals surface area contributed by atoms with Crippen LogP contribution in [0, 0.1) is 0 Å². The van der Waals surface area contributed by atoms with Crippen LogP contribution >= 0.6 is 34.8 Å². The topological polar surface area (TPSA) is 34.1 Å². The molecule has 106 valence electrons. The van der Waals surface area contributed by atoms with Crippen molar-refractivity contribution in [3.63, 3.8) is 0 Å². The van der Waals surface area contributed by atoms with Gasteiger partial charge in [-0.15, -0.1) is 0 Å². The van der Waals surface area contributed by atoms with Crippen molar-refractivity contribution in [1.29, 1.82) is 0 Å². The first-order chi connectivity index (χ1) is 9.51. The molecule has 1 atom stereocenters. The van der Waals surface area contributed by atoms with Crippen LogP contribution in [0.2, 0.25) is 15.2 Å². The van der Waals surface area contributed by atoms with Crippen LogP contribution in [0.3, 0.4) is 0 Å². The molecule has 2 aromatic rings. The molecular formula is C14H13Cl3N2O. The zero-order valence-electron chi connectivity index (χ0n) is 11.0. The second-order valence-electron chi connectivity index (χ2n) is 4.23. The second kappa shape index (κ2) is 6.53. The standard InChI is InChI=1S/C14H13Cl3N2O/c1-8(9-3-5-10(20-2)6-4-9)18-14-12(16)7-11(15)13(17)19-14/h3-8H,1-2H3,(H,18,19). The molecule has 20 heavy (non-hydrogen) atoms. The van der Waals surface area contributed by atoms with Crippen LogP contribution in [0.1, 0.15) is 18.5 Å². The molecule has 1 aromatic carbocycles. The average Bonchev–Trinajstić information content (AvgIpc) is 2.44. The first-order valence-electron chi connectivity index (χ1n) is 5.93. The Kier molecular flexibility index (Phi) is 4.97. The lowest BCUT2D eigenvalue weighted by molar-refractivity contribution is 0.414. The summed E-state index contributed by atoms with van der Waals surface area (Å²) in [5.74, 6) is 1.32. The summed E-state index contributed by atoms with van der Waals surface area (Å²) in [6, 6.07) is 9.34. The number of pyridine rings is 1. The molecule has 0 saturated heterocycles. The largest absolute Gasteiger partial charge is 0.497 e. The number of rotatable bonds is 4. The third-order valence-electron chi connectivity index (χ3n) is 2.86. The summed E-state index contributed by atoms with van der Waals surface area (Å²) in [6.07, 6.45) is 0. The van der Waals surface area contributed by atoms with Gasteiger partial charge in [0, 0.05) is 6.04 Å². The first-order valence-corrected chi connectivity index (χ1v) is 7.06. The minimum absolute atomic E-state index is 0.0168. The van der Waals surface area contributed by atoms with Gasteiger partial charge in [-0.2, -0.15) is 0 Å². The van der Waals surface area contributed by atoms with Crippen LogP contribution in [0.15, 0.2) is 30.3 Å². The summed E-state index contributed by atoms with van der Waals surface area (Å²) >= 11 is 17.8. The van der Waals surface area contributed by atoms with E-state index in [4.69, 9.17) is 39.5 Å². The van der Waals surface area contributed by atoms with E-state index in [1.54, 1.807) is 13.2 Å². The lowest BCUT2D eigenvalue weighted by atomic mass is 10.1. The molecular weight excluding hydrogens is 319 g/mol. The lowest BCUT2D eigenvalue weighted by Crippen LogP contribution is -2.08. The van der Waals surface area contributed by atoms with Gasteiger partial charge in [-0.25, -0.2) is 4.98 Å². The average molecular weight is 332 g/mol. The van der Waals surface area contributed by atoms with E-state index in [1.807, 2.05) is 31.2 Å². The number of nitrogens with zero attached hydrogens (tertiary/aromatic N) is 1. The van der Waals surface area contributed by atoms with E-state index in [9.17, 15) is 0 Å². The molecule has 0 aliphatic heterocycles. The Labute approximate surface area is 132 Å². The summed E-state index contributed by atoms with van der Waals surface area (Å²) in [4.78, 5) is 4.14. The van der Waals surface area contributed by atoms with E-state index in [2.05, 4.69) is 10.3 Å². The van der Waals surface area contributed by atoms with Crippen molar-refractivity contribution in [3.05, 3.63) is 51.1 Å². The normalized spacial score (nSPS) is 12.1. The first kappa shape index (κ1) is 15.2. The van der Waals surface area contributed by atoms with Crippen molar-refractivity contribution in [2.45, 2.75) is 13.0 Å². The number of hydrogen-bond donors (Lipinski definition) is 1. The fraction of sp³-hybridized carbons (Fsp3) is 0.214. The minimum atomic E-state index is 0.0168. The maximum Gasteiger partial charge on any atom is 0.150 e. The minimum Gasteiger partial charge on any atom is -0.497 e. The molecule has 1 heterocycles. The van der Waals surface area contributed by atoms with E-state index in [-0.39, 0.29) is 11.2 Å². The summed E-state index contributed by atoms with van der Waals surface area (Å²) in [5, 5.41) is 4.19. The molecule has 0 radical (unpaired) electrons. The molecule has 3 nitrogen and oxygen atoms in total. The maximum atomic E-state index is 6.09. The van der Waals surface area contributed by atoms with E-state index < -0.39 is 0 Å². The van der Waals surface area contributed by atoms with E-state index in [0.29, 0.717) is 15.9 Å². The molecule has 0 fully saturated rings. The Morgan fingerprint density at radius 1 is 1.10 bits per heavy atom. The molecule has 1 unspecified atom stereocenters. The highest BCUT2D eigenvalue weighted by Gasteiger charge is 2.11. The summed E-state index contributed by atoms with van der Waals surface area (Å²) in [6.45, 7) is 2.00. The number of hydrogen-bond acceptors (Lipinski definition) is 3. The van der Waals surface area contributed by atoms with Crippen LogP contribution in [0.4, 0.5) is 5.82 Å². The number of halogens is 3. The fourth-order valence-corrected chi connectivity index (χ4v) is 2.28. The summed E-state index contributed by atoms with van der Waals surface area (Å²) in [5.41, 5.74) is 1.08. The quantitative estimate of drug-likeness (QED) is 0.780. The Bertz CT molecular complexity index is 602. The van der Waals surface area contributed by atoms with E-state index in [0.717, 1.165) is 11.3 Å². The molecule has 2 rings (SSSR count). The Hall–Kier alpha value is -1.16. The SMILES string of the molecule is COc1ccc(C(C)Nc2nc(Cl)c(Cl)cc2Cl)cc1. The van der Waals surface area contributed by atoms with Gasteiger partial charge < -0.3 is 10.1 Å². The predicted octanol–water partition coefficient (Wildman–Crippen LogP) is 5.22. The van der Waals surface area contributed by atoms with Crippen molar-refractivity contribution < 1.29 is 4.74 Å². The third kappa shape index (κ3) is 3.48. The number of anilines is 1. The van der Waals surface area contributed by atoms with Crippen molar-refractivity contribution >= 4 is 40.6 Å². The van der Waals surface area contributed by atoms with Crippen molar-refractivity contribution in [2.75, 3.05) is 12.4 Å². The van der Waals surface area contributed by atoms with Gasteiger partial charge in [0.15, 0.2) is 0 Å². The Morgan fingerprint density at radius 2 is 1.75 bits per heavy atom. The van der Waals surface area contributed by atoms with Gasteiger partial charge in [0.25, 0.3) is 0 Å². The van der Waals surface area contributed by atoms with E-state index in [1.165, 1.54) is 0 Å². The highest BCUT2D eigenvalue weighted by atomic mass is 35.5. The van der Waals surface area contributed by atoms with Crippen LogP contribution in [-0.4, -0.2) is 12.1 Å². The number of ether oxygens (including phenoxy) is 1. The molecule has 0 bridgehead atoms. The molecule has 0 spiro atoms. The molecule has 0 aliphatic rings. The fourth-order valence-electron chi connectivity index (χ4n) is 1.73. The molecule has 1 N–H and O–H groups in total. The third-order valence-corrected chi connectivity index (χ3v) is 3.82. The molecule has 0 saturated carbocycles. The van der Waals surface area contributed by atoms with Gasteiger partial charge >= 0.3 is 0 Å². The van der Waals surface area contributed by atoms with Crippen LogP contribution in [-0.2, 0) is 0 Å². The van der Waals surface area contributed by atoms with Crippen molar-refractivity contribution in [1.82, 2.24) is 4.98 Å². The molecule has 0 amide bonds. The number of methoxy groups -OCH3 is 1. The second-order valence-corrected chi connectivity index (χ2v) is 5.40. The van der Waals surface area contributed by atoms with Gasteiger partial charge in [0.1, 0.15) is 16.7 Å². The van der Waals surface area contributed by atoms with Gasteiger partial charge in [-0.3, -0.25) is 0 Å². The van der Waals surface area contributed by atoms with Gasteiger partial charge in [-0.1, -0.05) is 46.9 Å². The zero-order valence-corrected chi connectivity index (χ0v) is 13.2. The number of benzene rings is 1. The van der Waals surface area contributed by atoms with E-state index >= 15 is 0 Å². The summed E-state index contributed by atoms with van der Waals surface area (Å²) < 4.78 is 5.13. The smallest absolute Gasteiger partial charge is 0.150 e. The molecule has 6 heteroatoms. The Morgan fingerprint density at radius 3 is 2.35 bits per heavy atom. The summed E-state index contributed by atoms with van der Waals surface area (Å²) in [7, 11) is 1.64. The lowest BCUT2D eigenvalue weighted by Gasteiger charge is -2.16. The highest BCUT2D eigenvalue weighted by molar-refractivity contribution is 6.42. The zero-order chi connectivity index (χ0) is 14.7. The predicted molar refractivity (Wildman–Crippen MR) is 84.3 cm³/mol. The number of aromatic nitrogens is 1.